The third-order valence-corrected chi connectivity index (χ3v) is 7.54. The summed E-state index contributed by atoms with van der Waals surface area (Å²) in [6, 6.07) is 28.6. The molecule has 0 bridgehead atoms. The quantitative estimate of drug-likeness (QED) is 0.238. The molecule has 3 aromatic carbocycles. The molecule has 1 saturated heterocycles. The van der Waals surface area contributed by atoms with Gasteiger partial charge in [-0.2, -0.15) is 0 Å². The first kappa shape index (κ1) is 26.7. The van der Waals surface area contributed by atoms with Gasteiger partial charge in [0.25, 0.3) is 0 Å². The Morgan fingerprint density at radius 1 is 0.974 bits per heavy atom. The third-order valence-electron chi connectivity index (χ3n) is 7.54. The van der Waals surface area contributed by atoms with Gasteiger partial charge >= 0.3 is 5.97 Å². The number of anilines is 2. The summed E-state index contributed by atoms with van der Waals surface area (Å²) in [6.45, 7) is 7.41. The van der Waals surface area contributed by atoms with Crippen LogP contribution in [-0.2, 0) is 16.0 Å². The maximum absolute atomic E-state index is 13.0. The second-order valence-corrected chi connectivity index (χ2v) is 10.3. The molecule has 0 radical (unpaired) electrons. The molecule has 1 aliphatic rings. The van der Waals surface area contributed by atoms with Crippen LogP contribution in [0.2, 0.25) is 0 Å². The number of para-hydroxylation sites is 1. The summed E-state index contributed by atoms with van der Waals surface area (Å²) in [7, 11) is 0. The SMILES string of the molecule is CCOC(=O)C1(Cc2ccccc2)CCN(CCOc2cccc(Nc3cc(C)nc4ccccc34)c2)CC1. The van der Waals surface area contributed by atoms with Crippen LogP contribution in [0.15, 0.2) is 84.9 Å². The number of esters is 1. The van der Waals surface area contributed by atoms with Gasteiger partial charge in [-0.3, -0.25) is 14.7 Å². The maximum atomic E-state index is 13.0. The highest BCUT2D eigenvalue weighted by atomic mass is 16.5. The van der Waals surface area contributed by atoms with Crippen molar-refractivity contribution in [3.05, 3.63) is 96.2 Å². The van der Waals surface area contributed by atoms with Crippen LogP contribution >= 0.6 is 0 Å². The number of ether oxygens (including phenoxy) is 2. The molecule has 1 aromatic heterocycles. The Hall–Kier alpha value is -3.90. The first-order chi connectivity index (χ1) is 19.0. The fraction of sp³-hybridized carbons (Fsp3) is 0.333. The van der Waals surface area contributed by atoms with E-state index in [9.17, 15) is 4.79 Å². The number of aryl methyl sites for hydroxylation is 1. The van der Waals surface area contributed by atoms with E-state index >= 15 is 0 Å². The van der Waals surface area contributed by atoms with E-state index in [1.807, 2.05) is 74.5 Å². The number of hydrogen-bond acceptors (Lipinski definition) is 6. The van der Waals surface area contributed by atoms with Gasteiger partial charge in [-0.05, 0) is 76.0 Å². The lowest BCUT2D eigenvalue weighted by atomic mass is 9.73. The van der Waals surface area contributed by atoms with Crippen molar-refractivity contribution in [2.24, 2.45) is 5.41 Å². The minimum absolute atomic E-state index is 0.0637. The van der Waals surface area contributed by atoms with Crippen LogP contribution in [0, 0.1) is 12.3 Å². The highest BCUT2D eigenvalue weighted by Crippen LogP contribution is 2.37. The van der Waals surface area contributed by atoms with Crippen molar-refractivity contribution >= 4 is 28.2 Å². The highest BCUT2D eigenvalue weighted by Gasteiger charge is 2.42. The molecule has 2 heterocycles. The minimum Gasteiger partial charge on any atom is -0.492 e. The maximum Gasteiger partial charge on any atom is 0.312 e. The monoisotopic (exact) mass is 523 g/mol. The van der Waals surface area contributed by atoms with Crippen molar-refractivity contribution in [1.82, 2.24) is 9.88 Å². The molecule has 0 saturated carbocycles. The van der Waals surface area contributed by atoms with Crippen molar-refractivity contribution in [2.45, 2.75) is 33.1 Å². The third kappa shape index (κ3) is 6.58. The number of fused-ring (bicyclic) bond motifs is 1. The topological polar surface area (TPSA) is 63.7 Å². The highest BCUT2D eigenvalue weighted by molar-refractivity contribution is 5.93. The van der Waals surface area contributed by atoms with Crippen LogP contribution in [-0.4, -0.2) is 48.7 Å². The fourth-order valence-electron chi connectivity index (χ4n) is 5.45. The molecule has 39 heavy (non-hydrogen) atoms. The van der Waals surface area contributed by atoms with Gasteiger partial charge in [0.1, 0.15) is 12.4 Å². The summed E-state index contributed by atoms with van der Waals surface area (Å²) in [5, 5.41) is 4.63. The van der Waals surface area contributed by atoms with E-state index < -0.39 is 5.41 Å². The van der Waals surface area contributed by atoms with Crippen LogP contribution < -0.4 is 10.1 Å². The van der Waals surface area contributed by atoms with Gasteiger partial charge < -0.3 is 14.8 Å². The van der Waals surface area contributed by atoms with E-state index in [1.165, 1.54) is 5.56 Å². The molecule has 202 valence electrons. The number of nitrogens with one attached hydrogen (secondary N) is 1. The van der Waals surface area contributed by atoms with Gasteiger partial charge in [-0.15, -0.1) is 0 Å². The molecule has 6 heteroatoms. The number of pyridine rings is 1. The Morgan fingerprint density at radius 3 is 2.54 bits per heavy atom. The van der Waals surface area contributed by atoms with Gasteiger partial charge in [0.2, 0.25) is 0 Å². The first-order valence-corrected chi connectivity index (χ1v) is 13.8. The number of rotatable bonds is 10. The molecule has 0 spiro atoms. The summed E-state index contributed by atoms with van der Waals surface area (Å²) in [5.41, 5.74) is 4.69. The predicted octanol–water partition coefficient (Wildman–Crippen LogP) is 6.55. The molecule has 1 fully saturated rings. The zero-order valence-corrected chi connectivity index (χ0v) is 22.9. The van der Waals surface area contributed by atoms with Crippen LogP contribution in [0.4, 0.5) is 11.4 Å². The van der Waals surface area contributed by atoms with Crippen LogP contribution in [0.5, 0.6) is 5.75 Å². The number of carbonyl (C=O) groups excluding carboxylic acids is 1. The van der Waals surface area contributed by atoms with Crippen molar-refractivity contribution in [2.75, 3.05) is 38.2 Å². The van der Waals surface area contributed by atoms with E-state index in [0.29, 0.717) is 13.2 Å². The minimum atomic E-state index is -0.454. The number of hydrogen-bond donors (Lipinski definition) is 1. The lowest BCUT2D eigenvalue weighted by Gasteiger charge is -2.40. The smallest absolute Gasteiger partial charge is 0.312 e. The fourth-order valence-corrected chi connectivity index (χ4v) is 5.45. The van der Waals surface area contributed by atoms with Crippen LogP contribution in [0.3, 0.4) is 0 Å². The summed E-state index contributed by atoms with van der Waals surface area (Å²) >= 11 is 0. The van der Waals surface area contributed by atoms with E-state index in [4.69, 9.17) is 9.47 Å². The Bertz CT molecular complexity index is 1400. The molecule has 1 aliphatic heterocycles. The van der Waals surface area contributed by atoms with Crippen LogP contribution in [0.1, 0.15) is 31.0 Å². The second-order valence-electron chi connectivity index (χ2n) is 10.3. The average molecular weight is 524 g/mol. The molecular weight excluding hydrogens is 486 g/mol. The van der Waals surface area contributed by atoms with Crippen LogP contribution in [0.25, 0.3) is 10.9 Å². The first-order valence-electron chi connectivity index (χ1n) is 13.8. The van der Waals surface area contributed by atoms with Crippen molar-refractivity contribution in [1.29, 1.82) is 0 Å². The summed E-state index contributed by atoms with van der Waals surface area (Å²) in [5.74, 6) is 0.767. The van der Waals surface area contributed by atoms with Crippen molar-refractivity contribution in [3.8, 4) is 5.75 Å². The number of benzene rings is 3. The second kappa shape index (κ2) is 12.3. The Labute approximate surface area is 231 Å². The Morgan fingerprint density at radius 2 is 1.74 bits per heavy atom. The summed E-state index contributed by atoms with van der Waals surface area (Å²) in [6.07, 6.45) is 2.31. The molecule has 0 unspecified atom stereocenters. The Balaban J connectivity index is 1.16. The van der Waals surface area contributed by atoms with Gasteiger partial charge in [0, 0.05) is 35.1 Å². The molecule has 0 amide bonds. The van der Waals surface area contributed by atoms with Crippen molar-refractivity contribution < 1.29 is 14.3 Å². The normalized spacial score (nSPS) is 15.1. The summed E-state index contributed by atoms with van der Waals surface area (Å²) < 4.78 is 11.7. The van der Waals surface area contributed by atoms with Gasteiger partial charge in [-0.25, -0.2) is 0 Å². The van der Waals surface area contributed by atoms with Gasteiger partial charge in [-0.1, -0.05) is 54.6 Å². The van der Waals surface area contributed by atoms with Gasteiger partial charge in [0.05, 0.1) is 17.5 Å². The van der Waals surface area contributed by atoms with E-state index in [-0.39, 0.29) is 5.97 Å². The Kier molecular flexibility index (Phi) is 8.42. The lowest BCUT2D eigenvalue weighted by Crippen LogP contribution is -2.47. The average Bonchev–Trinajstić information content (AvgIpc) is 2.95. The molecule has 0 atom stereocenters. The van der Waals surface area contributed by atoms with Gasteiger partial charge in [0.15, 0.2) is 0 Å². The molecular formula is C33H37N3O3. The summed E-state index contributed by atoms with van der Waals surface area (Å²) in [4.78, 5) is 20.0. The molecule has 4 aromatic rings. The van der Waals surface area contributed by atoms with Crippen molar-refractivity contribution in [3.63, 3.8) is 0 Å². The molecule has 5 rings (SSSR count). The van der Waals surface area contributed by atoms with E-state index in [0.717, 1.165) is 72.6 Å². The largest absolute Gasteiger partial charge is 0.492 e. The molecule has 1 N–H and O–H groups in total. The van der Waals surface area contributed by atoms with E-state index in [1.54, 1.807) is 0 Å². The molecule has 0 aliphatic carbocycles. The van der Waals surface area contributed by atoms with E-state index in [2.05, 4.69) is 39.5 Å². The number of carbonyl (C=O) groups is 1. The predicted molar refractivity (Wildman–Crippen MR) is 157 cm³/mol. The standard InChI is InChI=1S/C33H37N3O3/c1-3-38-32(37)33(24-26-10-5-4-6-11-26)16-18-36(19-17-33)20-21-39-28-13-9-12-27(23-28)35-31-22-25(2)34-30-15-8-7-14-29(30)31/h4-15,22-23H,3,16-21,24H2,1-2H3,(H,34,35). The zero-order valence-electron chi connectivity index (χ0n) is 22.9. The number of nitrogens with zero attached hydrogens (tertiary/aromatic N) is 2. The number of piperidine rings is 1. The zero-order chi connectivity index (χ0) is 27.1. The lowest BCUT2D eigenvalue weighted by molar-refractivity contribution is -0.158. The number of aromatic nitrogens is 1. The molecule has 6 nitrogen and oxygen atoms in total. The number of likely N-dealkylation sites (tertiary alicyclic amines) is 1.